The second-order valence-corrected chi connectivity index (χ2v) is 15.2. The van der Waals surface area contributed by atoms with Gasteiger partial charge in [0.2, 0.25) is 0 Å². The van der Waals surface area contributed by atoms with Gasteiger partial charge < -0.3 is 0 Å². The van der Waals surface area contributed by atoms with Crippen LogP contribution in [-0.4, -0.2) is 11.1 Å². The number of benzene rings is 4. The molecule has 0 bridgehead atoms. The second-order valence-electron chi connectivity index (χ2n) is 7.22. The van der Waals surface area contributed by atoms with E-state index in [9.17, 15) is 10.1 Å². The third-order valence-corrected chi connectivity index (χ3v) is 13.7. The number of hydrogen-bond donors (Lipinski definition) is 1. The van der Waals surface area contributed by atoms with Crippen LogP contribution in [0.4, 0.5) is 5.69 Å². The zero-order valence-electron chi connectivity index (χ0n) is 17.1. The summed E-state index contributed by atoms with van der Waals surface area (Å²) in [5, 5.41) is 22.4. The third kappa shape index (κ3) is 3.95. The molecule has 4 rings (SSSR count). The summed E-state index contributed by atoms with van der Waals surface area (Å²) in [6, 6.07) is 37.0. The molecule has 0 spiro atoms. The fourth-order valence-corrected chi connectivity index (χ4v) is 9.75. The van der Waals surface area contributed by atoms with Gasteiger partial charge in [-0.25, -0.2) is 0 Å². The van der Waals surface area contributed by atoms with E-state index in [4.69, 9.17) is 0 Å². The molecule has 0 saturated heterocycles. The van der Waals surface area contributed by atoms with Crippen LogP contribution in [0.2, 0.25) is 0 Å². The molecule has 32 heavy (non-hydrogen) atoms. The summed E-state index contributed by atoms with van der Waals surface area (Å²) in [5.41, 5.74) is -2.56. The standard InChI is InChI=1S/C25H21BrN3O2P/c26-32(23-10-4-1-5-11-23,24-12-6-2-7-13-24,25-14-8-3-9-15-25)28-27-20-21-16-18-22(19-17-21)29(30)31/h1-20,28H/b27-20-. The summed E-state index contributed by atoms with van der Waals surface area (Å²) in [6.45, 7) is 0. The monoisotopic (exact) mass is 505 g/mol. The summed E-state index contributed by atoms with van der Waals surface area (Å²) < 4.78 is 0. The van der Waals surface area contributed by atoms with Crippen molar-refractivity contribution in [3.05, 3.63) is 131 Å². The van der Waals surface area contributed by atoms with Gasteiger partial charge in [-0.1, -0.05) is 0 Å². The van der Waals surface area contributed by atoms with Crippen molar-refractivity contribution in [2.45, 2.75) is 0 Å². The minimum atomic E-state index is -3.36. The first-order valence-corrected chi connectivity index (χ1v) is 14.2. The fourth-order valence-electron chi connectivity index (χ4n) is 3.64. The van der Waals surface area contributed by atoms with Gasteiger partial charge in [0.1, 0.15) is 0 Å². The van der Waals surface area contributed by atoms with Crippen molar-refractivity contribution in [2.75, 3.05) is 0 Å². The predicted molar refractivity (Wildman–Crippen MR) is 138 cm³/mol. The van der Waals surface area contributed by atoms with Gasteiger partial charge in [-0.2, -0.15) is 0 Å². The molecular formula is C25H21BrN3O2P. The second kappa shape index (κ2) is 9.03. The van der Waals surface area contributed by atoms with Crippen molar-refractivity contribution in [1.29, 1.82) is 0 Å². The minimum absolute atomic E-state index is 0.0492. The van der Waals surface area contributed by atoms with Gasteiger partial charge in [0, 0.05) is 0 Å². The molecule has 1 N–H and O–H groups in total. The Hall–Kier alpha value is -3.34. The Balaban J connectivity index is 1.87. The summed E-state index contributed by atoms with van der Waals surface area (Å²) in [6.07, 6.45) is 1.68. The van der Waals surface area contributed by atoms with E-state index < -0.39 is 10.4 Å². The molecule has 0 saturated carbocycles. The number of hydrogen-bond acceptors (Lipinski definition) is 4. The molecule has 4 aromatic rings. The Morgan fingerprint density at radius 1 is 0.719 bits per heavy atom. The molecule has 0 heterocycles. The molecule has 0 radical (unpaired) electrons. The van der Waals surface area contributed by atoms with Gasteiger partial charge in [0.25, 0.3) is 0 Å². The van der Waals surface area contributed by atoms with Crippen LogP contribution in [0.1, 0.15) is 5.56 Å². The first kappa shape index (κ1) is 21.9. The molecule has 0 aliphatic carbocycles. The first-order valence-electron chi connectivity index (χ1n) is 9.98. The quantitative estimate of drug-likeness (QED) is 0.161. The number of rotatable bonds is 7. The molecule has 160 valence electrons. The number of nitrogens with zero attached hydrogens (tertiary/aromatic N) is 2. The third-order valence-electron chi connectivity index (χ3n) is 5.29. The van der Waals surface area contributed by atoms with Crippen LogP contribution in [0.25, 0.3) is 0 Å². The van der Waals surface area contributed by atoms with Crippen LogP contribution in [0.3, 0.4) is 0 Å². The van der Waals surface area contributed by atoms with Crippen molar-refractivity contribution in [3.63, 3.8) is 0 Å². The molecule has 0 fully saturated rings. The zero-order valence-corrected chi connectivity index (χ0v) is 19.6. The average Bonchev–Trinajstić information content (AvgIpc) is 2.86. The number of halogens is 1. The van der Waals surface area contributed by atoms with Gasteiger partial charge in [0.05, 0.1) is 0 Å². The zero-order chi connectivity index (χ0) is 22.5. The number of hydrazone groups is 1. The van der Waals surface area contributed by atoms with Gasteiger partial charge in [-0.15, -0.1) is 0 Å². The molecule has 4 aromatic carbocycles. The molecule has 0 aliphatic rings. The Bertz CT molecular complexity index is 1140. The Kier molecular flexibility index (Phi) is 6.17. The van der Waals surface area contributed by atoms with E-state index in [1.165, 1.54) is 12.1 Å². The van der Waals surface area contributed by atoms with Crippen molar-refractivity contribution in [1.82, 2.24) is 5.20 Å². The van der Waals surface area contributed by atoms with E-state index in [2.05, 4.69) is 62.2 Å². The van der Waals surface area contributed by atoms with Crippen LogP contribution in [0.5, 0.6) is 0 Å². The van der Waals surface area contributed by atoms with Gasteiger partial charge in [0.15, 0.2) is 0 Å². The summed E-state index contributed by atoms with van der Waals surface area (Å²) in [7, 11) is 0. The van der Waals surface area contributed by atoms with Crippen molar-refractivity contribution in [2.24, 2.45) is 5.10 Å². The molecule has 5 nitrogen and oxygen atoms in total. The Morgan fingerprint density at radius 2 is 1.12 bits per heavy atom. The topological polar surface area (TPSA) is 67.5 Å². The van der Waals surface area contributed by atoms with E-state index in [0.29, 0.717) is 0 Å². The van der Waals surface area contributed by atoms with Crippen LogP contribution in [-0.2, 0) is 0 Å². The fraction of sp³-hybridized carbons (Fsp3) is 0. The first-order chi connectivity index (χ1) is 15.5. The maximum atomic E-state index is 10.9. The van der Waals surface area contributed by atoms with E-state index in [-0.39, 0.29) is 5.69 Å². The van der Waals surface area contributed by atoms with Crippen LogP contribution in [0.15, 0.2) is 120 Å². The van der Waals surface area contributed by atoms with Gasteiger partial charge in [-0.05, 0) is 0 Å². The number of nitro benzene ring substituents is 1. The molecule has 0 aromatic heterocycles. The normalized spacial score (nSPS) is 12.7. The Morgan fingerprint density at radius 3 is 1.50 bits per heavy atom. The number of nitrogens with one attached hydrogen (secondary N) is 1. The van der Waals surface area contributed by atoms with E-state index in [0.717, 1.165) is 21.5 Å². The Labute approximate surface area is 194 Å². The molecule has 0 aliphatic heterocycles. The molecular weight excluding hydrogens is 485 g/mol. The predicted octanol–water partition coefficient (Wildman–Crippen LogP) is 5.27. The van der Waals surface area contributed by atoms with Crippen molar-refractivity contribution >= 4 is 48.8 Å². The summed E-state index contributed by atoms with van der Waals surface area (Å²) in [5.74, 6) is 0. The molecule has 7 heteroatoms. The van der Waals surface area contributed by atoms with Crippen molar-refractivity contribution < 1.29 is 4.92 Å². The average molecular weight is 506 g/mol. The summed E-state index contributed by atoms with van der Waals surface area (Å²) in [4.78, 5) is 10.5. The SMILES string of the molecule is O=[N+]([O-])c1ccc(/C=N\NP(Br)(c2ccccc2)(c2ccccc2)c2ccccc2)cc1. The van der Waals surface area contributed by atoms with E-state index in [1.807, 2.05) is 54.6 Å². The van der Waals surface area contributed by atoms with E-state index >= 15 is 0 Å². The summed E-state index contributed by atoms with van der Waals surface area (Å²) >= 11 is 4.24. The van der Waals surface area contributed by atoms with Gasteiger partial charge >= 0.3 is 195 Å². The molecule has 0 atom stereocenters. The van der Waals surface area contributed by atoms with E-state index in [1.54, 1.807) is 18.3 Å². The number of non-ortho nitro benzene ring substituents is 1. The molecule has 0 amide bonds. The van der Waals surface area contributed by atoms with Crippen molar-refractivity contribution in [3.8, 4) is 0 Å². The van der Waals surface area contributed by atoms with Crippen LogP contribution >= 0.6 is 20.9 Å². The maximum absolute atomic E-state index is 10.9. The number of nitro groups is 1. The van der Waals surface area contributed by atoms with Crippen LogP contribution in [0, 0.1) is 10.1 Å². The van der Waals surface area contributed by atoms with Crippen LogP contribution < -0.4 is 21.1 Å². The molecule has 0 unspecified atom stereocenters. The van der Waals surface area contributed by atoms with Gasteiger partial charge in [-0.3, -0.25) is 0 Å².